The van der Waals surface area contributed by atoms with Crippen LogP contribution in [0.5, 0.6) is 0 Å². The molecule has 1 heterocycles. The fourth-order valence-electron chi connectivity index (χ4n) is 3.71. The number of nitrogens with zero attached hydrogens (tertiary/aromatic N) is 1. The zero-order valence-corrected chi connectivity index (χ0v) is 17.2. The van der Waals surface area contributed by atoms with E-state index in [1.54, 1.807) is 18.2 Å². The summed E-state index contributed by atoms with van der Waals surface area (Å²) in [5.74, 6) is -0.705. The molecule has 0 aliphatic carbocycles. The second-order valence-corrected chi connectivity index (χ2v) is 9.13. The van der Waals surface area contributed by atoms with Crippen molar-refractivity contribution in [2.75, 3.05) is 4.31 Å². The highest BCUT2D eigenvalue weighted by atomic mass is 32.2. The normalized spacial score (nSPS) is 15.7. The molecule has 0 bridgehead atoms. The van der Waals surface area contributed by atoms with Gasteiger partial charge in [-0.3, -0.25) is 9.10 Å². The summed E-state index contributed by atoms with van der Waals surface area (Å²) in [6, 6.07) is 19.1. The molecule has 1 N–H and O–H groups in total. The fourth-order valence-corrected chi connectivity index (χ4v) is 5.40. The Morgan fingerprint density at radius 3 is 2.47 bits per heavy atom. The molecular weight excluding hydrogens is 403 g/mol. The second-order valence-electron chi connectivity index (χ2n) is 7.32. The van der Waals surface area contributed by atoms with E-state index in [-0.39, 0.29) is 16.8 Å². The highest BCUT2D eigenvalue weighted by Crippen LogP contribution is 2.37. The molecule has 3 aromatic rings. The molecule has 7 heteroatoms. The minimum Gasteiger partial charge on any atom is -0.348 e. The molecule has 0 fully saturated rings. The van der Waals surface area contributed by atoms with Gasteiger partial charge >= 0.3 is 0 Å². The smallest absolute Gasteiger partial charge is 0.264 e. The third-order valence-electron chi connectivity index (χ3n) is 5.16. The van der Waals surface area contributed by atoms with Crippen molar-refractivity contribution < 1.29 is 17.6 Å². The zero-order valence-electron chi connectivity index (χ0n) is 16.4. The number of hydrogen-bond acceptors (Lipinski definition) is 3. The predicted molar refractivity (Wildman–Crippen MR) is 113 cm³/mol. The molecule has 0 saturated heterocycles. The Bertz CT molecular complexity index is 1180. The Morgan fingerprint density at radius 1 is 1.07 bits per heavy atom. The Hall–Kier alpha value is -3.19. The van der Waals surface area contributed by atoms with Gasteiger partial charge in [-0.2, -0.15) is 0 Å². The van der Waals surface area contributed by atoms with Crippen molar-refractivity contribution in [2.45, 2.75) is 30.8 Å². The molecule has 0 unspecified atom stereocenters. The Labute approximate surface area is 175 Å². The Morgan fingerprint density at radius 2 is 1.77 bits per heavy atom. The van der Waals surface area contributed by atoms with Crippen LogP contribution in [0.3, 0.4) is 0 Å². The second kappa shape index (κ2) is 7.91. The van der Waals surface area contributed by atoms with Crippen LogP contribution in [0.1, 0.15) is 28.4 Å². The molecule has 30 heavy (non-hydrogen) atoms. The predicted octanol–water partition coefficient (Wildman–Crippen LogP) is 3.90. The molecule has 0 spiro atoms. The lowest BCUT2D eigenvalue weighted by Gasteiger charge is -2.24. The van der Waals surface area contributed by atoms with Gasteiger partial charge in [-0.25, -0.2) is 12.8 Å². The van der Waals surface area contributed by atoms with Gasteiger partial charge in [-0.15, -0.1) is 0 Å². The van der Waals surface area contributed by atoms with E-state index in [0.29, 0.717) is 24.2 Å². The number of fused-ring (bicyclic) bond motifs is 1. The molecule has 0 radical (unpaired) electrons. The van der Waals surface area contributed by atoms with Crippen molar-refractivity contribution in [3.63, 3.8) is 0 Å². The molecule has 154 valence electrons. The van der Waals surface area contributed by atoms with Gasteiger partial charge in [0.15, 0.2) is 0 Å². The number of rotatable bonds is 5. The molecular formula is C23H21FN2O3S. The van der Waals surface area contributed by atoms with Gasteiger partial charge in [-0.1, -0.05) is 30.3 Å². The standard InChI is InChI=1S/C23H21FN2O3S/c1-16-13-19-14-18(23(27)25-15-17-5-3-2-4-6-17)7-12-22(19)26(16)30(28,29)21-10-8-20(24)9-11-21/h2-12,14,16H,13,15H2,1H3,(H,25,27)/t16-/m0/s1. The van der Waals surface area contributed by atoms with E-state index in [1.165, 1.54) is 16.4 Å². The average Bonchev–Trinajstić information content (AvgIpc) is 3.08. The highest BCUT2D eigenvalue weighted by molar-refractivity contribution is 7.92. The lowest BCUT2D eigenvalue weighted by Crippen LogP contribution is -2.35. The number of carbonyl (C=O) groups is 1. The van der Waals surface area contributed by atoms with E-state index in [0.717, 1.165) is 23.3 Å². The first kappa shape index (κ1) is 20.1. The van der Waals surface area contributed by atoms with E-state index in [1.807, 2.05) is 37.3 Å². The van der Waals surface area contributed by atoms with Gasteiger partial charge in [0.05, 0.1) is 10.6 Å². The minimum atomic E-state index is -3.83. The van der Waals surface area contributed by atoms with Crippen LogP contribution < -0.4 is 9.62 Å². The lowest BCUT2D eigenvalue weighted by molar-refractivity contribution is 0.0951. The van der Waals surface area contributed by atoms with Gasteiger partial charge in [-0.05, 0) is 66.9 Å². The summed E-state index contributed by atoms with van der Waals surface area (Å²) in [6.45, 7) is 2.23. The van der Waals surface area contributed by atoms with Gasteiger partial charge in [0.1, 0.15) is 5.82 Å². The van der Waals surface area contributed by atoms with Crippen LogP contribution in [0.25, 0.3) is 0 Å². The van der Waals surface area contributed by atoms with Crippen molar-refractivity contribution in [2.24, 2.45) is 0 Å². The number of amides is 1. The SMILES string of the molecule is C[C@H]1Cc2cc(C(=O)NCc3ccccc3)ccc2N1S(=O)(=O)c1ccc(F)cc1. The third kappa shape index (κ3) is 3.80. The number of anilines is 1. The van der Waals surface area contributed by atoms with Crippen LogP contribution >= 0.6 is 0 Å². The third-order valence-corrected chi connectivity index (χ3v) is 7.10. The number of benzene rings is 3. The maximum Gasteiger partial charge on any atom is 0.264 e. The van der Waals surface area contributed by atoms with E-state index >= 15 is 0 Å². The number of nitrogens with one attached hydrogen (secondary N) is 1. The molecule has 0 aromatic heterocycles. The first-order valence-corrected chi connectivity index (χ1v) is 11.1. The molecule has 4 rings (SSSR count). The van der Waals surface area contributed by atoms with Gasteiger partial charge < -0.3 is 5.32 Å². The van der Waals surface area contributed by atoms with Crippen molar-refractivity contribution in [3.05, 3.63) is 95.3 Å². The number of hydrogen-bond donors (Lipinski definition) is 1. The van der Waals surface area contributed by atoms with Crippen molar-refractivity contribution in [1.82, 2.24) is 5.32 Å². The van der Waals surface area contributed by atoms with E-state index in [4.69, 9.17) is 0 Å². The fraction of sp³-hybridized carbons (Fsp3) is 0.174. The van der Waals surface area contributed by atoms with Crippen LogP contribution in [0.2, 0.25) is 0 Å². The van der Waals surface area contributed by atoms with Crippen LogP contribution in [0, 0.1) is 5.82 Å². The van der Waals surface area contributed by atoms with Crippen LogP contribution in [0.4, 0.5) is 10.1 Å². The maximum atomic E-state index is 13.2. The van der Waals surface area contributed by atoms with Crippen LogP contribution in [-0.4, -0.2) is 20.4 Å². The van der Waals surface area contributed by atoms with Crippen LogP contribution in [0.15, 0.2) is 77.7 Å². The van der Waals surface area contributed by atoms with E-state index in [2.05, 4.69) is 5.32 Å². The summed E-state index contributed by atoms with van der Waals surface area (Å²) < 4.78 is 40.8. The summed E-state index contributed by atoms with van der Waals surface area (Å²) in [4.78, 5) is 12.6. The van der Waals surface area contributed by atoms with Gasteiger partial charge in [0, 0.05) is 18.2 Å². The largest absolute Gasteiger partial charge is 0.348 e. The molecule has 1 aliphatic rings. The molecule has 1 aliphatic heterocycles. The quantitative estimate of drug-likeness (QED) is 0.676. The van der Waals surface area contributed by atoms with E-state index < -0.39 is 15.8 Å². The summed E-state index contributed by atoms with van der Waals surface area (Å²) in [5.41, 5.74) is 2.82. The minimum absolute atomic E-state index is 0.0354. The average molecular weight is 424 g/mol. The molecule has 3 aromatic carbocycles. The first-order chi connectivity index (χ1) is 14.4. The maximum absolute atomic E-state index is 13.2. The summed E-state index contributed by atoms with van der Waals surface area (Å²) in [5, 5.41) is 2.88. The Balaban J connectivity index is 1.57. The van der Waals surface area contributed by atoms with Crippen molar-refractivity contribution in [3.8, 4) is 0 Å². The summed E-state index contributed by atoms with van der Waals surface area (Å²) in [7, 11) is -3.83. The number of halogens is 1. The van der Waals surface area contributed by atoms with Gasteiger partial charge in [0.25, 0.3) is 15.9 Å². The first-order valence-electron chi connectivity index (χ1n) is 9.61. The highest BCUT2D eigenvalue weighted by Gasteiger charge is 2.36. The van der Waals surface area contributed by atoms with Crippen molar-refractivity contribution in [1.29, 1.82) is 0 Å². The number of sulfonamides is 1. The van der Waals surface area contributed by atoms with E-state index in [9.17, 15) is 17.6 Å². The summed E-state index contributed by atoms with van der Waals surface area (Å²) in [6.07, 6.45) is 0.496. The molecule has 1 amide bonds. The summed E-state index contributed by atoms with van der Waals surface area (Å²) >= 11 is 0. The lowest BCUT2D eigenvalue weighted by atomic mass is 10.1. The zero-order chi connectivity index (χ0) is 21.3. The number of carbonyl (C=O) groups excluding carboxylic acids is 1. The topological polar surface area (TPSA) is 66.5 Å². The van der Waals surface area contributed by atoms with Crippen molar-refractivity contribution >= 4 is 21.6 Å². The molecule has 1 atom stereocenters. The monoisotopic (exact) mass is 424 g/mol. The molecule has 5 nitrogen and oxygen atoms in total. The molecule has 0 saturated carbocycles. The van der Waals surface area contributed by atoms with Gasteiger partial charge in [0.2, 0.25) is 0 Å². The Kier molecular flexibility index (Phi) is 5.30. The van der Waals surface area contributed by atoms with Crippen LogP contribution in [-0.2, 0) is 23.0 Å².